The summed E-state index contributed by atoms with van der Waals surface area (Å²) in [6.07, 6.45) is 5.30. The Kier molecular flexibility index (Phi) is 2.95. The van der Waals surface area contributed by atoms with Gasteiger partial charge in [0.15, 0.2) is 5.69 Å². The number of nitrogens with one attached hydrogen (secondary N) is 1. The summed E-state index contributed by atoms with van der Waals surface area (Å²) in [4.78, 5) is 4.94. The molecule has 1 heterocycles. The number of hydrogen-bond acceptors (Lipinski definition) is 3. The zero-order valence-corrected chi connectivity index (χ0v) is 9.33. The predicted molar refractivity (Wildman–Crippen MR) is 61.7 cm³/mol. The first-order valence-corrected chi connectivity index (χ1v) is 4.99. The number of imidazole rings is 1. The average Bonchev–Trinajstić information content (AvgIpc) is 2.80. The van der Waals surface area contributed by atoms with E-state index in [1.54, 1.807) is 23.4 Å². The lowest BCUT2D eigenvalue weighted by molar-refractivity contribution is -0.684. The van der Waals surface area contributed by atoms with Gasteiger partial charge < -0.3 is 4.90 Å². The van der Waals surface area contributed by atoms with E-state index in [9.17, 15) is 0 Å². The third-order valence-corrected chi connectivity index (χ3v) is 2.16. The van der Waals surface area contributed by atoms with Crippen LogP contribution in [0.15, 0.2) is 53.3 Å². The highest BCUT2D eigenvalue weighted by atomic mass is 15.5. The number of rotatable bonds is 3. The summed E-state index contributed by atoms with van der Waals surface area (Å²) in [5, 5.41) is 8.11. The molecule has 0 aliphatic heterocycles. The fourth-order valence-electron chi connectivity index (χ4n) is 1.26. The maximum absolute atomic E-state index is 4.10. The van der Waals surface area contributed by atoms with Gasteiger partial charge in [-0.05, 0) is 24.3 Å². The first-order valence-electron chi connectivity index (χ1n) is 4.99. The number of H-pyrrole nitrogens is 1. The van der Waals surface area contributed by atoms with Gasteiger partial charge in [-0.15, -0.1) is 4.68 Å². The van der Waals surface area contributed by atoms with Crippen molar-refractivity contribution < 1.29 is 4.68 Å². The maximum atomic E-state index is 4.10. The molecule has 0 bridgehead atoms. The van der Waals surface area contributed by atoms with Crippen molar-refractivity contribution in [1.82, 2.24) is 4.98 Å². The Morgan fingerprint density at radius 3 is 2.50 bits per heavy atom. The van der Waals surface area contributed by atoms with Gasteiger partial charge in [0.1, 0.15) is 6.20 Å². The molecule has 0 saturated carbocycles. The fourth-order valence-corrected chi connectivity index (χ4v) is 1.26. The van der Waals surface area contributed by atoms with Gasteiger partial charge in [0, 0.05) is 24.9 Å². The lowest BCUT2D eigenvalue weighted by Crippen LogP contribution is -2.21. The zero-order chi connectivity index (χ0) is 11.4. The molecule has 2 aromatic rings. The Hall–Kier alpha value is -2.17. The van der Waals surface area contributed by atoms with E-state index in [0.717, 1.165) is 11.4 Å². The molecule has 5 heteroatoms. The van der Waals surface area contributed by atoms with Crippen molar-refractivity contribution >= 4 is 11.4 Å². The third-order valence-electron chi connectivity index (χ3n) is 2.16. The molecule has 5 nitrogen and oxygen atoms in total. The van der Waals surface area contributed by atoms with Crippen molar-refractivity contribution in [1.29, 1.82) is 0 Å². The summed E-state index contributed by atoms with van der Waals surface area (Å²) in [7, 11) is 4.01. The molecule has 82 valence electrons. The molecule has 16 heavy (non-hydrogen) atoms. The van der Waals surface area contributed by atoms with E-state index in [2.05, 4.69) is 15.3 Å². The summed E-state index contributed by atoms with van der Waals surface area (Å²) >= 11 is 0. The number of aromatic nitrogens is 2. The molecule has 0 spiro atoms. The van der Waals surface area contributed by atoms with Gasteiger partial charge in [-0.3, -0.25) is 4.98 Å². The molecule has 1 aromatic heterocycles. The van der Waals surface area contributed by atoms with Crippen LogP contribution in [0.2, 0.25) is 0 Å². The van der Waals surface area contributed by atoms with Crippen molar-refractivity contribution in [2.45, 2.75) is 0 Å². The van der Waals surface area contributed by atoms with Crippen LogP contribution in [0.5, 0.6) is 0 Å². The van der Waals surface area contributed by atoms with E-state index < -0.39 is 0 Å². The monoisotopic (exact) mass is 216 g/mol. The number of benzene rings is 1. The van der Waals surface area contributed by atoms with Crippen LogP contribution in [0, 0.1) is 0 Å². The summed E-state index contributed by atoms with van der Waals surface area (Å²) in [6.45, 7) is 0. The molecule has 0 aliphatic rings. The van der Waals surface area contributed by atoms with Crippen LogP contribution in [0.1, 0.15) is 0 Å². The Labute approximate surface area is 94.0 Å². The smallest absolute Gasteiger partial charge is 0.213 e. The SMILES string of the molecule is CN(C)c1ccc(N=N[n+]2cc[nH]c2)cc1. The van der Waals surface area contributed by atoms with Crippen LogP contribution in [0.4, 0.5) is 11.4 Å². The lowest BCUT2D eigenvalue weighted by atomic mass is 10.3. The second-order valence-electron chi connectivity index (χ2n) is 3.59. The minimum absolute atomic E-state index is 0.833. The Bertz CT molecular complexity index is 456. The Balaban J connectivity index is 2.11. The molecule has 1 N–H and O–H groups in total. The van der Waals surface area contributed by atoms with E-state index in [1.165, 1.54) is 0 Å². The molecule has 0 saturated heterocycles. The predicted octanol–water partition coefficient (Wildman–Crippen LogP) is 1.92. The van der Waals surface area contributed by atoms with Gasteiger partial charge in [0.05, 0.1) is 11.4 Å². The molecule has 0 fully saturated rings. The molecular formula is C11H14N5+. The van der Waals surface area contributed by atoms with Crippen LogP contribution in [-0.4, -0.2) is 19.1 Å². The Morgan fingerprint density at radius 1 is 1.19 bits per heavy atom. The first-order chi connectivity index (χ1) is 7.75. The largest absolute Gasteiger partial charge is 0.378 e. The number of hydrogen-bond donors (Lipinski definition) is 1. The fraction of sp³-hybridized carbons (Fsp3) is 0.182. The summed E-state index contributed by atoms with van der Waals surface area (Å²) in [5.41, 5.74) is 1.98. The molecule has 0 amide bonds. The zero-order valence-electron chi connectivity index (χ0n) is 9.33. The van der Waals surface area contributed by atoms with E-state index >= 15 is 0 Å². The van der Waals surface area contributed by atoms with Crippen LogP contribution in [0.3, 0.4) is 0 Å². The quantitative estimate of drug-likeness (QED) is 0.618. The molecule has 0 aliphatic carbocycles. The average molecular weight is 216 g/mol. The molecule has 0 atom stereocenters. The molecule has 0 radical (unpaired) electrons. The topological polar surface area (TPSA) is 47.6 Å². The van der Waals surface area contributed by atoms with Crippen molar-refractivity contribution in [2.75, 3.05) is 19.0 Å². The number of anilines is 1. The normalized spacial score (nSPS) is 10.9. The third kappa shape index (κ3) is 2.44. The minimum atomic E-state index is 0.833. The second-order valence-corrected chi connectivity index (χ2v) is 3.59. The molecule has 1 aromatic carbocycles. The molecule has 0 unspecified atom stereocenters. The lowest BCUT2D eigenvalue weighted by Gasteiger charge is -2.10. The van der Waals surface area contributed by atoms with E-state index in [-0.39, 0.29) is 0 Å². The highest BCUT2D eigenvalue weighted by Crippen LogP contribution is 2.17. The van der Waals surface area contributed by atoms with Gasteiger partial charge >= 0.3 is 0 Å². The van der Waals surface area contributed by atoms with E-state index in [1.807, 2.05) is 43.3 Å². The Morgan fingerprint density at radius 2 is 1.94 bits per heavy atom. The second kappa shape index (κ2) is 4.57. The highest BCUT2D eigenvalue weighted by Gasteiger charge is 1.98. The molecular weight excluding hydrogens is 202 g/mol. The van der Waals surface area contributed by atoms with E-state index in [0.29, 0.717) is 0 Å². The van der Waals surface area contributed by atoms with Crippen LogP contribution < -0.4 is 9.58 Å². The van der Waals surface area contributed by atoms with E-state index in [4.69, 9.17) is 0 Å². The first kappa shape index (κ1) is 10.4. The van der Waals surface area contributed by atoms with Gasteiger partial charge in [-0.2, -0.15) is 0 Å². The number of aromatic amines is 1. The van der Waals surface area contributed by atoms with Gasteiger partial charge in [0.25, 0.3) is 0 Å². The summed E-state index contributed by atoms with van der Waals surface area (Å²) < 4.78 is 1.61. The van der Waals surface area contributed by atoms with Crippen LogP contribution in [-0.2, 0) is 0 Å². The highest BCUT2D eigenvalue weighted by molar-refractivity contribution is 5.51. The minimum Gasteiger partial charge on any atom is -0.378 e. The van der Waals surface area contributed by atoms with Gasteiger partial charge in [0.2, 0.25) is 6.33 Å². The van der Waals surface area contributed by atoms with Crippen LogP contribution >= 0.6 is 0 Å². The van der Waals surface area contributed by atoms with Crippen molar-refractivity contribution in [3.8, 4) is 0 Å². The molecule has 2 rings (SSSR count). The summed E-state index contributed by atoms with van der Waals surface area (Å²) in [6, 6.07) is 7.89. The van der Waals surface area contributed by atoms with Crippen molar-refractivity contribution in [2.24, 2.45) is 10.3 Å². The van der Waals surface area contributed by atoms with Gasteiger partial charge in [-0.1, -0.05) is 0 Å². The van der Waals surface area contributed by atoms with Crippen LogP contribution in [0.25, 0.3) is 0 Å². The maximum Gasteiger partial charge on any atom is 0.213 e. The van der Waals surface area contributed by atoms with Crippen molar-refractivity contribution in [3.05, 3.63) is 43.0 Å². The summed E-state index contributed by atoms with van der Waals surface area (Å²) in [5.74, 6) is 0. The number of nitrogens with zero attached hydrogens (tertiary/aromatic N) is 4. The van der Waals surface area contributed by atoms with Gasteiger partial charge in [-0.25, -0.2) is 0 Å². The van der Waals surface area contributed by atoms with Crippen molar-refractivity contribution in [3.63, 3.8) is 0 Å². The standard InChI is InChI=1S/C11H13N5/c1-15(2)11-5-3-10(4-6-11)13-14-16-8-7-12-9-16/h3-9H,1-2H3/p+1.